The highest BCUT2D eigenvalue weighted by Crippen LogP contribution is 2.21. The van der Waals surface area contributed by atoms with E-state index < -0.39 is 0 Å². The largest absolute Gasteiger partial charge is 0.383 e. The second-order valence-electron chi connectivity index (χ2n) is 4.79. The van der Waals surface area contributed by atoms with Crippen molar-refractivity contribution in [1.82, 2.24) is 10.2 Å². The summed E-state index contributed by atoms with van der Waals surface area (Å²) in [6, 6.07) is 0. The van der Waals surface area contributed by atoms with E-state index in [0.29, 0.717) is 0 Å². The molecule has 0 aromatic heterocycles. The van der Waals surface area contributed by atoms with Crippen LogP contribution in [-0.2, 0) is 4.74 Å². The maximum atomic E-state index is 4.99. The van der Waals surface area contributed by atoms with Crippen LogP contribution in [0.15, 0.2) is 0 Å². The quantitative estimate of drug-likeness (QED) is 0.672. The maximum absolute atomic E-state index is 4.99. The van der Waals surface area contributed by atoms with Gasteiger partial charge in [-0.1, -0.05) is 13.8 Å². The summed E-state index contributed by atoms with van der Waals surface area (Å²) in [6.07, 6.45) is 1.36. The predicted octanol–water partition coefficient (Wildman–Crippen LogP) is 1.20. The Hall–Kier alpha value is -0.120. The van der Waals surface area contributed by atoms with E-state index in [9.17, 15) is 0 Å². The lowest BCUT2D eigenvalue weighted by Crippen LogP contribution is -2.42. The summed E-state index contributed by atoms with van der Waals surface area (Å²) in [7, 11) is 1.75. The number of nitrogens with zero attached hydrogens (tertiary/aromatic N) is 1. The van der Waals surface area contributed by atoms with Crippen LogP contribution in [0.3, 0.4) is 0 Å². The molecule has 1 heterocycles. The number of rotatable bonds is 6. The van der Waals surface area contributed by atoms with Gasteiger partial charge in [0.25, 0.3) is 0 Å². The molecule has 1 rings (SSSR count). The third kappa shape index (κ3) is 4.96. The highest BCUT2D eigenvalue weighted by molar-refractivity contribution is 4.75. The number of hydrogen-bond donors (Lipinski definition) is 1. The van der Waals surface area contributed by atoms with E-state index in [1.54, 1.807) is 7.11 Å². The fraction of sp³-hybridized carbons (Fsp3) is 1.00. The normalized spacial score (nSPS) is 28.2. The van der Waals surface area contributed by atoms with Gasteiger partial charge in [0.05, 0.1) is 6.61 Å². The SMILES string of the molecule is COCCNCCN1CCC(C)C(C)C1. The van der Waals surface area contributed by atoms with Crippen LogP contribution in [0.5, 0.6) is 0 Å². The Morgan fingerprint density at radius 3 is 2.73 bits per heavy atom. The lowest BCUT2D eigenvalue weighted by atomic mass is 9.89. The molecule has 3 heteroatoms. The van der Waals surface area contributed by atoms with Crippen LogP contribution in [-0.4, -0.2) is 51.3 Å². The first-order valence-electron chi connectivity index (χ1n) is 6.16. The minimum atomic E-state index is 0.813. The molecule has 0 bridgehead atoms. The Morgan fingerprint density at radius 1 is 1.27 bits per heavy atom. The molecule has 1 fully saturated rings. The fourth-order valence-corrected chi connectivity index (χ4v) is 2.09. The van der Waals surface area contributed by atoms with Gasteiger partial charge in [0.1, 0.15) is 0 Å². The third-order valence-corrected chi connectivity index (χ3v) is 3.51. The van der Waals surface area contributed by atoms with E-state index in [1.165, 1.54) is 26.1 Å². The van der Waals surface area contributed by atoms with E-state index in [2.05, 4.69) is 24.1 Å². The summed E-state index contributed by atoms with van der Waals surface area (Å²) in [5, 5.41) is 3.39. The molecule has 0 spiro atoms. The Bertz CT molecular complexity index is 164. The van der Waals surface area contributed by atoms with Crippen molar-refractivity contribution in [3.8, 4) is 0 Å². The van der Waals surface area contributed by atoms with Crippen molar-refractivity contribution in [2.75, 3.05) is 46.4 Å². The molecule has 90 valence electrons. The number of hydrogen-bond acceptors (Lipinski definition) is 3. The molecule has 1 N–H and O–H groups in total. The smallest absolute Gasteiger partial charge is 0.0587 e. The zero-order valence-corrected chi connectivity index (χ0v) is 10.5. The molecule has 0 aromatic carbocycles. The Balaban J connectivity index is 2.02. The van der Waals surface area contributed by atoms with Crippen molar-refractivity contribution in [2.45, 2.75) is 20.3 Å². The molecule has 1 aliphatic heterocycles. The number of nitrogens with one attached hydrogen (secondary N) is 1. The summed E-state index contributed by atoms with van der Waals surface area (Å²) in [6.45, 7) is 11.3. The maximum Gasteiger partial charge on any atom is 0.0587 e. The van der Waals surface area contributed by atoms with Crippen LogP contribution < -0.4 is 5.32 Å². The molecule has 15 heavy (non-hydrogen) atoms. The van der Waals surface area contributed by atoms with Crippen LogP contribution in [0.4, 0.5) is 0 Å². The zero-order valence-electron chi connectivity index (χ0n) is 10.5. The van der Waals surface area contributed by atoms with Gasteiger partial charge in [0.2, 0.25) is 0 Å². The Morgan fingerprint density at radius 2 is 2.07 bits per heavy atom. The lowest BCUT2D eigenvalue weighted by molar-refractivity contribution is 0.137. The Kier molecular flexibility index (Phi) is 6.22. The van der Waals surface area contributed by atoms with Gasteiger partial charge in [-0.15, -0.1) is 0 Å². The van der Waals surface area contributed by atoms with Gasteiger partial charge in [-0.25, -0.2) is 0 Å². The topological polar surface area (TPSA) is 24.5 Å². The van der Waals surface area contributed by atoms with Crippen LogP contribution >= 0.6 is 0 Å². The summed E-state index contributed by atoms with van der Waals surface area (Å²) >= 11 is 0. The summed E-state index contributed by atoms with van der Waals surface area (Å²) < 4.78 is 4.99. The number of likely N-dealkylation sites (tertiary alicyclic amines) is 1. The van der Waals surface area contributed by atoms with Crippen molar-refractivity contribution in [3.63, 3.8) is 0 Å². The van der Waals surface area contributed by atoms with Crippen molar-refractivity contribution < 1.29 is 4.74 Å². The molecule has 3 nitrogen and oxygen atoms in total. The minimum Gasteiger partial charge on any atom is -0.383 e. The van der Waals surface area contributed by atoms with Gasteiger partial charge < -0.3 is 15.0 Å². The summed E-state index contributed by atoms with van der Waals surface area (Å²) in [5.74, 6) is 1.76. The van der Waals surface area contributed by atoms with Gasteiger partial charge in [-0.05, 0) is 24.8 Å². The monoisotopic (exact) mass is 214 g/mol. The number of piperidine rings is 1. The average molecular weight is 214 g/mol. The van der Waals surface area contributed by atoms with Crippen molar-refractivity contribution >= 4 is 0 Å². The van der Waals surface area contributed by atoms with Gasteiger partial charge >= 0.3 is 0 Å². The lowest BCUT2D eigenvalue weighted by Gasteiger charge is -2.35. The molecule has 0 amide bonds. The highest BCUT2D eigenvalue weighted by Gasteiger charge is 2.21. The van der Waals surface area contributed by atoms with E-state index in [4.69, 9.17) is 4.74 Å². The molecule has 1 aliphatic rings. The second kappa shape index (κ2) is 7.20. The van der Waals surface area contributed by atoms with Gasteiger partial charge in [0, 0.05) is 33.3 Å². The predicted molar refractivity (Wildman–Crippen MR) is 64.1 cm³/mol. The molecule has 0 saturated carbocycles. The van der Waals surface area contributed by atoms with E-state index >= 15 is 0 Å². The fourth-order valence-electron chi connectivity index (χ4n) is 2.09. The molecular weight excluding hydrogens is 188 g/mol. The number of ether oxygens (including phenoxy) is 1. The van der Waals surface area contributed by atoms with Crippen molar-refractivity contribution in [3.05, 3.63) is 0 Å². The van der Waals surface area contributed by atoms with Crippen LogP contribution in [0.2, 0.25) is 0 Å². The first kappa shape index (κ1) is 12.9. The molecule has 0 aromatic rings. The van der Waals surface area contributed by atoms with E-state index in [1.807, 2.05) is 0 Å². The van der Waals surface area contributed by atoms with Gasteiger partial charge in [-0.3, -0.25) is 0 Å². The minimum absolute atomic E-state index is 0.813. The van der Waals surface area contributed by atoms with Crippen LogP contribution in [0.25, 0.3) is 0 Å². The van der Waals surface area contributed by atoms with Crippen LogP contribution in [0.1, 0.15) is 20.3 Å². The molecule has 2 atom stereocenters. The first-order valence-corrected chi connectivity index (χ1v) is 6.16. The van der Waals surface area contributed by atoms with Gasteiger partial charge in [-0.2, -0.15) is 0 Å². The molecule has 0 aliphatic carbocycles. The first-order chi connectivity index (χ1) is 7.24. The molecule has 0 radical (unpaired) electrons. The third-order valence-electron chi connectivity index (χ3n) is 3.51. The van der Waals surface area contributed by atoms with Gasteiger partial charge in [0.15, 0.2) is 0 Å². The Labute approximate surface area is 94.2 Å². The van der Waals surface area contributed by atoms with Crippen LogP contribution in [0, 0.1) is 11.8 Å². The van der Waals surface area contributed by atoms with E-state index in [-0.39, 0.29) is 0 Å². The summed E-state index contributed by atoms with van der Waals surface area (Å²) in [4.78, 5) is 2.57. The zero-order chi connectivity index (χ0) is 11.1. The molecule has 2 unspecified atom stereocenters. The molecule has 1 saturated heterocycles. The second-order valence-corrected chi connectivity index (χ2v) is 4.79. The highest BCUT2D eigenvalue weighted by atomic mass is 16.5. The molecular formula is C12H26N2O. The van der Waals surface area contributed by atoms with Crippen molar-refractivity contribution in [2.24, 2.45) is 11.8 Å². The number of methoxy groups -OCH3 is 1. The summed E-state index contributed by atoms with van der Waals surface area (Å²) in [5.41, 5.74) is 0. The van der Waals surface area contributed by atoms with Crippen molar-refractivity contribution in [1.29, 1.82) is 0 Å². The standard InChI is InChI=1S/C12H26N2O/c1-11-4-7-14(10-12(11)2)8-5-13-6-9-15-3/h11-13H,4-10H2,1-3H3. The van der Waals surface area contributed by atoms with E-state index in [0.717, 1.165) is 31.5 Å². The average Bonchev–Trinajstić information content (AvgIpc) is 2.23.